The summed E-state index contributed by atoms with van der Waals surface area (Å²) in [6.07, 6.45) is 4.80. The van der Waals surface area contributed by atoms with Crippen molar-refractivity contribution in [2.75, 3.05) is 6.26 Å². The van der Waals surface area contributed by atoms with Crippen LogP contribution in [0.15, 0.2) is 22.0 Å². The van der Waals surface area contributed by atoms with Crippen LogP contribution < -0.4 is 0 Å². The Hall–Kier alpha value is -0.830. The van der Waals surface area contributed by atoms with Gasteiger partial charge in [0.15, 0.2) is 0 Å². The van der Waals surface area contributed by atoms with E-state index in [1.807, 2.05) is 0 Å². The van der Waals surface area contributed by atoms with Gasteiger partial charge in [0.1, 0.15) is 5.82 Å². The summed E-state index contributed by atoms with van der Waals surface area (Å²) in [6.45, 7) is 0. The van der Waals surface area contributed by atoms with Crippen LogP contribution in [-0.2, 0) is 10.3 Å². The van der Waals surface area contributed by atoms with Gasteiger partial charge in [-0.3, -0.25) is 0 Å². The molecule has 0 amide bonds. The first-order valence-electron chi connectivity index (χ1n) is 4.75. The Morgan fingerprint density at radius 1 is 1.56 bits per heavy atom. The van der Waals surface area contributed by atoms with Crippen LogP contribution in [-0.4, -0.2) is 12.3 Å². The van der Waals surface area contributed by atoms with Crippen LogP contribution in [0.1, 0.15) is 18.4 Å². The summed E-state index contributed by atoms with van der Waals surface area (Å²) in [6, 6.07) is 3.09. The minimum absolute atomic E-state index is 0.359. The second-order valence-corrected chi connectivity index (χ2v) is 4.93. The number of hydrogen-bond donors (Lipinski definition) is 0. The van der Waals surface area contributed by atoms with Crippen molar-refractivity contribution in [1.29, 1.82) is 0 Å². The number of benzene rings is 1. The van der Waals surface area contributed by atoms with E-state index in [-0.39, 0.29) is 5.82 Å². The maximum atomic E-state index is 13.7. The second kappa shape index (κ2) is 4.21. The molecular formula is C11H9ClFNOS. The molecule has 0 spiro atoms. The molecule has 1 aromatic carbocycles. The molecule has 2 rings (SSSR count). The van der Waals surface area contributed by atoms with Crippen molar-refractivity contribution in [3.8, 4) is 0 Å². The quantitative estimate of drug-likeness (QED) is 0.471. The van der Waals surface area contributed by atoms with Crippen molar-refractivity contribution in [3.05, 3.63) is 28.5 Å². The number of carbonyl (C=O) groups excluding carboxylic acids is 1. The molecule has 16 heavy (non-hydrogen) atoms. The summed E-state index contributed by atoms with van der Waals surface area (Å²) in [4.78, 5) is 14.5. The molecule has 0 heterocycles. The van der Waals surface area contributed by atoms with Crippen molar-refractivity contribution < 1.29 is 9.18 Å². The number of hydrogen-bond acceptors (Lipinski definition) is 3. The smallest absolute Gasteiger partial charge is 0.211 e. The molecule has 0 saturated heterocycles. The molecule has 84 valence electrons. The van der Waals surface area contributed by atoms with E-state index in [1.165, 1.54) is 17.8 Å². The summed E-state index contributed by atoms with van der Waals surface area (Å²) < 4.78 is 13.7. The third-order valence-corrected chi connectivity index (χ3v) is 3.96. The molecule has 5 heteroatoms. The molecule has 0 bridgehead atoms. The van der Waals surface area contributed by atoms with Crippen LogP contribution in [0.25, 0.3) is 0 Å². The minimum atomic E-state index is -0.566. The number of nitrogens with zero attached hydrogens (tertiary/aromatic N) is 1. The van der Waals surface area contributed by atoms with Crippen molar-refractivity contribution in [2.45, 2.75) is 23.3 Å². The second-order valence-electron chi connectivity index (χ2n) is 3.71. The van der Waals surface area contributed by atoms with Gasteiger partial charge in [-0.25, -0.2) is 9.18 Å². The Bertz CT molecular complexity index is 458. The topological polar surface area (TPSA) is 29.4 Å². The minimum Gasteiger partial charge on any atom is -0.211 e. The highest BCUT2D eigenvalue weighted by atomic mass is 35.5. The molecule has 1 fully saturated rings. The highest BCUT2D eigenvalue weighted by Gasteiger charge is 2.45. The lowest BCUT2D eigenvalue weighted by molar-refractivity contribution is 0.554. The van der Waals surface area contributed by atoms with E-state index in [0.717, 1.165) is 12.8 Å². The number of thioether (sulfide) groups is 1. The van der Waals surface area contributed by atoms with Crippen LogP contribution in [0.4, 0.5) is 4.39 Å². The zero-order valence-electron chi connectivity index (χ0n) is 8.59. The Balaban J connectivity index is 2.48. The maximum absolute atomic E-state index is 13.7. The van der Waals surface area contributed by atoms with Crippen molar-refractivity contribution in [3.63, 3.8) is 0 Å². The first-order chi connectivity index (χ1) is 7.63. The van der Waals surface area contributed by atoms with Gasteiger partial charge in [-0.1, -0.05) is 11.6 Å². The maximum Gasteiger partial charge on any atom is 0.235 e. The van der Waals surface area contributed by atoms with Gasteiger partial charge in [-0.15, -0.1) is 11.8 Å². The van der Waals surface area contributed by atoms with E-state index in [2.05, 4.69) is 4.99 Å². The molecular weight excluding hydrogens is 249 g/mol. The van der Waals surface area contributed by atoms with Gasteiger partial charge in [-0.2, -0.15) is 4.99 Å². The Morgan fingerprint density at radius 3 is 2.69 bits per heavy atom. The third-order valence-electron chi connectivity index (χ3n) is 2.72. The Labute approximate surface area is 102 Å². The lowest BCUT2D eigenvalue weighted by Gasteiger charge is -2.11. The normalized spacial score (nSPS) is 16.7. The van der Waals surface area contributed by atoms with Crippen molar-refractivity contribution in [2.24, 2.45) is 4.99 Å². The van der Waals surface area contributed by atoms with Crippen LogP contribution in [0.5, 0.6) is 0 Å². The van der Waals surface area contributed by atoms with Gasteiger partial charge in [-0.05, 0) is 36.8 Å². The van der Waals surface area contributed by atoms with E-state index in [4.69, 9.17) is 11.6 Å². The van der Waals surface area contributed by atoms with Gasteiger partial charge in [0.2, 0.25) is 6.08 Å². The molecule has 0 unspecified atom stereocenters. The SMILES string of the molecule is CSc1c(F)cc(C2(N=C=O)CC2)cc1Cl. The fourth-order valence-electron chi connectivity index (χ4n) is 1.69. The van der Waals surface area contributed by atoms with Crippen LogP contribution >= 0.6 is 23.4 Å². The van der Waals surface area contributed by atoms with Crippen LogP contribution in [0.2, 0.25) is 5.02 Å². The summed E-state index contributed by atoms with van der Waals surface area (Å²) in [5.41, 5.74) is 0.0968. The Kier molecular flexibility index (Phi) is 3.06. The molecule has 1 aliphatic carbocycles. The predicted octanol–water partition coefficient (Wildman–Crippen LogP) is 3.53. The average Bonchev–Trinajstić information content (AvgIpc) is 2.99. The number of halogens is 2. The average molecular weight is 258 g/mol. The number of isocyanates is 1. The van der Waals surface area contributed by atoms with Crippen molar-refractivity contribution in [1.82, 2.24) is 0 Å². The first kappa shape index (κ1) is 11.6. The molecule has 0 atom stereocenters. The number of aliphatic imine (C=N–C) groups is 1. The van der Waals surface area contributed by atoms with Gasteiger partial charge >= 0.3 is 0 Å². The molecule has 0 radical (unpaired) electrons. The van der Waals surface area contributed by atoms with Crippen LogP contribution in [0.3, 0.4) is 0 Å². The monoisotopic (exact) mass is 257 g/mol. The zero-order chi connectivity index (χ0) is 11.8. The van der Waals surface area contributed by atoms with E-state index < -0.39 is 5.54 Å². The zero-order valence-corrected chi connectivity index (χ0v) is 10.2. The highest BCUT2D eigenvalue weighted by molar-refractivity contribution is 7.98. The van der Waals surface area contributed by atoms with Gasteiger partial charge in [0.25, 0.3) is 0 Å². The molecule has 2 nitrogen and oxygen atoms in total. The number of rotatable bonds is 3. The van der Waals surface area contributed by atoms with Crippen LogP contribution in [0, 0.1) is 5.82 Å². The Morgan fingerprint density at radius 2 is 2.25 bits per heavy atom. The standard InChI is InChI=1S/C11H9ClFNOS/c1-16-10-8(12)4-7(5-9(10)13)11(2-3-11)14-6-15/h4-5H,2-3H2,1H3. The van der Waals surface area contributed by atoms with Gasteiger partial charge < -0.3 is 0 Å². The lowest BCUT2D eigenvalue weighted by Crippen LogP contribution is -2.03. The predicted molar refractivity (Wildman–Crippen MR) is 62.2 cm³/mol. The third kappa shape index (κ3) is 1.88. The van der Waals surface area contributed by atoms with Gasteiger partial charge in [0, 0.05) is 0 Å². The van der Waals surface area contributed by atoms with E-state index >= 15 is 0 Å². The summed E-state index contributed by atoms with van der Waals surface area (Å²) in [5, 5.41) is 0.370. The molecule has 1 aromatic rings. The van der Waals surface area contributed by atoms with E-state index in [0.29, 0.717) is 15.5 Å². The summed E-state index contributed by atoms with van der Waals surface area (Å²) >= 11 is 7.23. The molecule has 0 N–H and O–H groups in total. The fraction of sp³-hybridized carbons (Fsp3) is 0.364. The van der Waals surface area contributed by atoms with Crippen molar-refractivity contribution >= 4 is 29.4 Å². The fourth-order valence-corrected chi connectivity index (χ4v) is 2.64. The molecule has 0 aliphatic heterocycles. The highest BCUT2D eigenvalue weighted by Crippen LogP contribution is 2.50. The molecule has 1 saturated carbocycles. The van der Waals surface area contributed by atoms with E-state index in [9.17, 15) is 9.18 Å². The lowest BCUT2D eigenvalue weighted by atomic mass is 10.1. The van der Waals surface area contributed by atoms with E-state index in [1.54, 1.807) is 18.4 Å². The van der Waals surface area contributed by atoms with Gasteiger partial charge in [0.05, 0.1) is 15.5 Å². The first-order valence-corrected chi connectivity index (χ1v) is 6.36. The molecule has 0 aromatic heterocycles. The summed E-state index contributed by atoms with van der Waals surface area (Å²) in [7, 11) is 0. The molecule has 1 aliphatic rings. The summed E-state index contributed by atoms with van der Waals surface area (Å²) in [5.74, 6) is -0.359. The largest absolute Gasteiger partial charge is 0.235 e.